The van der Waals surface area contributed by atoms with Crippen LogP contribution in [0.4, 0.5) is 17.1 Å². The topological polar surface area (TPSA) is 181 Å². The molecule has 0 saturated carbocycles. The number of benzene rings is 2. The summed E-state index contributed by atoms with van der Waals surface area (Å²) in [6, 6.07) is 7.32. The minimum absolute atomic E-state index is 0.137. The largest absolute Gasteiger partial charge is 0.506 e. The molecule has 0 fully saturated rings. The summed E-state index contributed by atoms with van der Waals surface area (Å²) < 4.78 is 22.9. The maximum absolute atomic E-state index is 12.6. The van der Waals surface area contributed by atoms with Crippen molar-refractivity contribution in [3.63, 3.8) is 0 Å². The molecule has 1 unspecified atom stereocenters. The van der Waals surface area contributed by atoms with Crippen LogP contribution in [0.5, 0.6) is 5.75 Å². The lowest BCUT2D eigenvalue weighted by Gasteiger charge is -2.12. The first-order chi connectivity index (χ1) is 13.6. The number of sulfonamides is 1. The van der Waals surface area contributed by atoms with Crippen LogP contribution in [-0.4, -0.2) is 36.1 Å². The number of non-ortho nitro benzene ring substituents is 1. The highest BCUT2D eigenvalue weighted by atomic mass is 32.2. The van der Waals surface area contributed by atoms with Crippen molar-refractivity contribution in [3.8, 4) is 5.75 Å². The Morgan fingerprint density at radius 1 is 1.24 bits per heavy atom. The maximum atomic E-state index is 12.6. The van der Waals surface area contributed by atoms with E-state index < -0.39 is 26.9 Å². The van der Waals surface area contributed by atoms with E-state index in [0.717, 1.165) is 23.2 Å². The normalized spacial score (nSPS) is 17.0. The Kier molecular flexibility index (Phi) is 5.09. The molecule has 0 spiro atoms. The molecule has 0 saturated heterocycles. The number of hydrogen-bond donors (Lipinski definition) is 2. The lowest BCUT2D eigenvalue weighted by Crippen LogP contribution is -2.29. The van der Waals surface area contributed by atoms with Crippen molar-refractivity contribution in [1.82, 2.24) is 0 Å². The third-order valence-corrected chi connectivity index (χ3v) is 4.87. The number of phenols is 1. The number of hydrazone groups is 1. The third kappa shape index (κ3) is 4.09. The second-order valence-electron chi connectivity index (χ2n) is 5.98. The van der Waals surface area contributed by atoms with Crippen LogP contribution in [0.15, 0.2) is 62.7 Å². The molecule has 3 N–H and O–H groups in total. The summed E-state index contributed by atoms with van der Waals surface area (Å²) in [4.78, 5) is 22.5. The first kappa shape index (κ1) is 20.0. The van der Waals surface area contributed by atoms with E-state index in [-0.39, 0.29) is 22.0 Å². The summed E-state index contributed by atoms with van der Waals surface area (Å²) in [6.07, 6.45) is 0. The number of anilines is 1. The predicted molar refractivity (Wildman–Crippen MR) is 101 cm³/mol. The first-order valence-corrected chi connectivity index (χ1v) is 9.53. The van der Waals surface area contributed by atoms with Crippen LogP contribution < -0.4 is 10.1 Å². The van der Waals surface area contributed by atoms with E-state index in [9.17, 15) is 28.4 Å². The summed E-state index contributed by atoms with van der Waals surface area (Å²) in [7, 11) is -4.02. The van der Waals surface area contributed by atoms with Gasteiger partial charge in [-0.2, -0.15) is 20.3 Å². The highest BCUT2D eigenvalue weighted by molar-refractivity contribution is 7.89. The molecule has 2 aromatic carbocycles. The standard InChI is InChI=1S/C16H14N6O6S/c1-9-15(19-18-13-8-12(29(17,27)28)6-7-14(13)23)16(24)21(20-9)10-2-4-11(5-3-10)22(25)26/h2-8,15,23H,1H3,(H2,17,27,28). The Balaban J connectivity index is 1.85. The molecule has 0 radical (unpaired) electrons. The maximum Gasteiger partial charge on any atom is 0.280 e. The summed E-state index contributed by atoms with van der Waals surface area (Å²) in [6.45, 7) is 1.54. The summed E-state index contributed by atoms with van der Waals surface area (Å²) in [5.41, 5.74) is 0.268. The number of rotatable bonds is 5. The molecule has 13 heteroatoms. The summed E-state index contributed by atoms with van der Waals surface area (Å²) >= 11 is 0. The molecule has 0 aromatic heterocycles. The fourth-order valence-corrected chi connectivity index (χ4v) is 3.00. The van der Waals surface area contributed by atoms with Crippen LogP contribution in [0.3, 0.4) is 0 Å². The molecule has 1 amide bonds. The highest BCUT2D eigenvalue weighted by Gasteiger charge is 2.35. The average molecular weight is 418 g/mol. The number of phenolic OH excluding ortho intramolecular Hbond substituents is 1. The summed E-state index contributed by atoms with van der Waals surface area (Å²) in [5, 5.41) is 38.4. The molecule has 1 atom stereocenters. The number of carbonyl (C=O) groups excluding carboxylic acids is 1. The lowest BCUT2D eigenvalue weighted by molar-refractivity contribution is -0.384. The van der Waals surface area contributed by atoms with Gasteiger partial charge < -0.3 is 5.11 Å². The molecular weight excluding hydrogens is 404 g/mol. The van der Waals surface area contributed by atoms with Crippen molar-refractivity contribution in [1.29, 1.82) is 0 Å². The molecular formula is C16H14N6O6S. The minimum Gasteiger partial charge on any atom is -0.506 e. The Labute approximate surface area is 164 Å². The Morgan fingerprint density at radius 3 is 2.48 bits per heavy atom. The van der Waals surface area contributed by atoms with Gasteiger partial charge in [0.25, 0.3) is 11.6 Å². The van der Waals surface area contributed by atoms with Crippen molar-refractivity contribution in [2.24, 2.45) is 20.5 Å². The number of azo groups is 1. The Hall–Kier alpha value is -3.71. The van der Waals surface area contributed by atoms with E-state index in [1.54, 1.807) is 0 Å². The van der Waals surface area contributed by atoms with Gasteiger partial charge in [0, 0.05) is 12.1 Å². The van der Waals surface area contributed by atoms with Gasteiger partial charge in [0.05, 0.1) is 21.2 Å². The molecule has 1 aliphatic heterocycles. The second-order valence-corrected chi connectivity index (χ2v) is 7.54. The second kappa shape index (κ2) is 7.37. The van der Waals surface area contributed by atoms with E-state index in [0.29, 0.717) is 11.4 Å². The van der Waals surface area contributed by atoms with Gasteiger partial charge in [-0.25, -0.2) is 13.6 Å². The van der Waals surface area contributed by atoms with Gasteiger partial charge in [-0.3, -0.25) is 14.9 Å². The fourth-order valence-electron chi connectivity index (χ4n) is 2.47. The van der Waals surface area contributed by atoms with Crippen molar-refractivity contribution in [2.75, 3.05) is 5.01 Å². The van der Waals surface area contributed by atoms with Gasteiger partial charge in [-0.05, 0) is 37.3 Å². The third-order valence-electron chi connectivity index (χ3n) is 3.96. The number of nitro benzene ring substituents is 1. The zero-order valence-corrected chi connectivity index (χ0v) is 15.6. The number of nitrogens with two attached hydrogens (primary N) is 1. The quantitative estimate of drug-likeness (QED) is 0.424. The Morgan fingerprint density at radius 2 is 1.90 bits per heavy atom. The van der Waals surface area contributed by atoms with Crippen LogP contribution >= 0.6 is 0 Å². The van der Waals surface area contributed by atoms with E-state index >= 15 is 0 Å². The van der Waals surface area contributed by atoms with E-state index in [1.165, 1.54) is 31.2 Å². The molecule has 150 valence electrons. The van der Waals surface area contributed by atoms with Crippen molar-refractivity contribution < 1.29 is 23.2 Å². The van der Waals surface area contributed by atoms with E-state index in [1.807, 2.05) is 0 Å². The fraction of sp³-hybridized carbons (Fsp3) is 0.125. The average Bonchev–Trinajstić information content (AvgIpc) is 2.94. The number of primary sulfonamides is 1. The molecule has 0 bridgehead atoms. The van der Waals surface area contributed by atoms with Crippen LogP contribution in [0.2, 0.25) is 0 Å². The molecule has 2 aromatic rings. The smallest absolute Gasteiger partial charge is 0.280 e. The number of aromatic hydroxyl groups is 1. The molecule has 1 aliphatic rings. The van der Waals surface area contributed by atoms with Gasteiger partial charge in [0.15, 0.2) is 6.04 Å². The van der Waals surface area contributed by atoms with E-state index in [4.69, 9.17) is 5.14 Å². The number of carbonyl (C=O) groups is 1. The van der Waals surface area contributed by atoms with Crippen molar-refractivity contribution >= 4 is 38.7 Å². The number of nitro groups is 1. The molecule has 0 aliphatic carbocycles. The number of nitrogens with zero attached hydrogens (tertiary/aromatic N) is 5. The van der Waals surface area contributed by atoms with Crippen LogP contribution in [0, 0.1) is 10.1 Å². The van der Waals surface area contributed by atoms with Crippen LogP contribution in [0.1, 0.15) is 6.92 Å². The SMILES string of the molecule is CC1=NN(c2ccc([N+](=O)[O-])cc2)C(=O)C1N=Nc1cc(S(N)(=O)=O)ccc1O. The lowest BCUT2D eigenvalue weighted by atomic mass is 10.2. The predicted octanol–water partition coefficient (Wildman–Crippen LogP) is 1.82. The number of hydrogen-bond acceptors (Lipinski definition) is 9. The first-order valence-electron chi connectivity index (χ1n) is 7.98. The number of amides is 1. The Bertz CT molecular complexity index is 1160. The van der Waals surface area contributed by atoms with Gasteiger partial charge in [0.1, 0.15) is 11.4 Å². The van der Waals surface area contributed by atoms with Crippen LogP contribution in [0.25, 0.3) is 0 Å². The monoisotopic (exact) mass is 418 g/mol. The molecule has 12 nitrogen and oxygen atoms in total. The zero-order valence-electron chi connectivity index (χ0n) is 14.8. The van der Waals surface area contributed by atoms with Crippen molar-refractivity contribution in [3.05, 3.63) is 52.6 Å². The molecule has 1 heterocycles. The van der Waals surface area contributed by atoms with Crippen LogP contribution in [-0.2, 0) is 14.8 Å². The van der Waals surface area contributed by atoms with Gasteiger partial charge in [0.2, 0.25) is 10.0 Å². The van der Waals surface area contributed by atoms with Gasteiger partial charge in [-0.1, -0.05) is 0 Å². The van der Waals surface area contributed by atoms with E-state index in [2.05, 4.69) is 15.3 Å². The minimum atomic E-state index is -4.02. The van der Waals surface area contributed by atoms with Gasteiger partial charge in [-0.15, -0.1) is 0 Å². The molecule has 29 heavy (non-hydrogen) atoms. The highest BCUT2D eigenvalue weighted by Crippen LogP contribution is 2.30. The van der Waals surface area contributed by atoms with Gasteiger partial charge >= 0.3 is 0 Å². The molecule has 3 rings (SSSR count). The zero-order chi connectivity index (χ0) is 21.3. The van der Waals surface area contributed by atoms with Crippen molar-refractivity contribution in [2.45, 2.75) is 17.9 Å². The summed E-state index contributed by atoms with van der Waals surface area (Å²) in [5.74, 6) is -0.921.